The summed E-state index contributed by atoms with van der Waals surface area (Å²) in [4.78, 5) is 0. The van der Waals surface area contributed by atoms with Crippen molar-refractivity contribution < 1.29 is 0 Å². The molecule has 0 N–H and O–H groups in total. The second-order valence-corrected chi connectivity index (χ2v) is 0.770. The minimum atomic E-state index is -0.463. The first-order valence-electron chi connectivity index (χ1n) is 2.00. The van der Waals surface area contributed by atoms with Crippen LogP contribution in [-0.2, 0) is 0 Å². The Bertz CT molecular complexity index is 21.5. The molecule has 9 heteroatoms. The van der Waals surface area contributed by atoms with Crippen LogP contribution in [0.4, 0.5) is 0 Å². The fraction of sp³-hybridized carbons (Fsp3) is 1.00. The van der Waals surface area contributed by atoms with Crippen LogP contribution in [0, 0.1) is 0 Å². The number of hydrogen-bond acceptors (Lipinski definition) is 0. The summed E-state index contributed by atoms with van der Waals surface area (Å²) in [7, 11) is 31.8. The predicted octanol–water partition coefficient (Wildman–Crippen LogP) is -2.15. The molecule has 0 heterocycles. The summed E-state index contributed by atoms with van der Waals surface area (Å²) in [6, 6.07) is 0. The molecule has 0 aromatic heterocycles. The molecule has 0 saturated carbocycles. The lowest BCUT2D eigenvalue weighted by Crippen LogP contribution is -2.23. The third-order valence-electron chi connectivity index (χ3n) is 0.222. The summed E-state index contributed by atoms with van der Waals surface area (Å²) in [5, 5.41) is 0. The monoisotopic (exact) mass is 131 g/mol. The van der Waals surface area contributed by atoms with Crippen molar-refractivity contribution in [2.24, 2.45) is 0 Å². The van der Waals surface area contributed by atoms with Crippen molar-refractivity contribution in [3.63, 3.8) is 0 Å². The van der Waals surface area contributed by atoms with E-state index in [0.717, 1.165) is 0 Å². The van der Waals surface area contributed by atoms with Gasteiger partial charge in [-0.2, -0.15) is 0 Å². The average molecular weight is 129 g/mol. The molecule has 0 aliphatic carbocycles. The van der Waals surface area contributed by atoms with Crippen molar-refractivity contribution in [3.8, 4) is 0 Å². The first kappa shape index (κ1) is 29.9. The maximum absolute atomic E-state index is 4.89. The summed E-state index contributed by atoms with van der Waals surface area (Å²) in [6.45, 7) is 0. The summed E-state index contributed by atoms with van der Waals surface area (Å²) < 4.78 is 0. The van der Waals surface area contributed by atoms with Crippen LogP contribution in [0.5, 0.6) is 0 Å². The van der Waals surface area contributed by atoms with Crippen LogP contribution in [0.25, 0.3) is 0 Å². The van der Waals surface area contributed by atoms with Gasteiger partial charge < -0.3 is 0 Å². The SMILES string of the molecule is C.C.[B][B].[B][B].[B][B]B([B])[B]. The maximum Gasteiger partial charge on any atom is 0 e. The third-order valence-corrected chi connectivity index (χ3v) is 0.222. The Hall–Kier alpha value is 0.584. The normalized spacial score (nSPS) is 3.64. The predicted molar refractivity (Wildman–Crippen MR) is 65.2 cm³/mol. The van der Waals surface area contributed by atoms with Crippen LogP contribution in [0.1, 0.15) is 14.9 Å². The summed E-state index contributed by atoms with van der Waals surface area (Å²) in [6.07, 6.45) is -0.463. The maximum atomic E-state index is 4.89. The lowest BCUT2D eigenvalue weighted by atomic mass is 8.97. The Morgan fingerprint density at radius 1 is 0.818 bits per heavy atom. The Labute approximate surface area is 82.9 Å². The van der Waals surface area contributed by atoms with Crippen LogP contribution >= 0.6 is 0 Å². The van der Waals surface area contributed by atoms with E-state index in [1.54, 1.807) is 0 Å². The minimum absolute atomic E-state index is 0. The zero-order valence-corrected chi connectivity index (χ0v) is 5.20. The van der Waals surface area contributed by atoms with Crippen LogP contribution in [0.15, 0.2) is 0 Å². The zero-order valence-electron chi connectivity index (χ0n) is 5.20. The molecular weight excluding hydrogens is 121 g/mol. The Balaban J connectivity index is -0.0000000178. The molecule has 0 aromatic rings. The molecule has 0 aromatic carbocycles. The zero-order chi connectivity index (χ0) is 8.28. The standard InChI is InChI=1S/2CH4.B5.2B2/c;;1-4-5(2)3;2*1-2/h2*1H4;;;. The Kier molecular flexibility index (Phi) is 126. The van der Waals surface area contributed by atoms with Gasteiger partial charge in [0, 0.05) is 67.6 Å². The summed E-state index contributed by atoms with van der Waals surface area (Å²) >= 11 is 0. The molecule has 43 valence electrons. The van der Waals surface area contributed by atoms with E-state index in [4.69, 9.17) is 23.2 Å². The van der Waals surface area contributed by atoms with Crippen molar-refractivity contribution in [3.05, 3.63) is 0 Å². The lowest BCUT2D eigenvalue weighted by molar-refractivity contribution is 2.50. The molecule has 0 aliphatic rings. The minimum Gasteiger partial charge on any atom is -0.0776 e. The molecule has 0 amide bonds. The fourth-order valence-corrected chi connectivity index (χ4v) is 0. The molecule has 0 unspecified atom stereocenters. The van der Waals surface area contributed by atoms with E-state index in [0.29, 0.717) is 0 Å². The van der Waals surface area contributed by atoms with E-state index >= 15 is 0 Å². The van der Waals surface area contributed by atoms with E-state index < -0.39 is 6.39 Å². The van der Waals surface area contributed by atoms with Gasteiger partial charge >= 0.3 is 0 Å². The molecule has 0 saturated heterocycles. The van der Waals surface area contributed by atoms with Crippen molar-refractivity contribution in [2.75, 3.05) is 0 Å². The van der Waals surface area contributed by atoms with Gasteiger partial charge in [-0.05, 0) is 0 Å². The topological polar surface area (TPSA) is 0 Å². The van der Waals surface area contributed by atoms with Gasteiger partial charge in [0.25, 0.3) is 0 Å². The van der Waals surface area contributed by atoms with Gasteiger partial charge in [0.2, 0.25) is 0 Å². The summed E-state index contributed by atoms with van der Waals surface area (Å²) in [5.41, 5.74) is 0. The fourth-order valence-electron chi connectivity index (χ4n) is 0. The first-order valence-corrected chi connectivity index (χ1v) is 2.00. The second-order valence-electron chi connectivity index (χ2n) is 0.770. The van der Waals surface area contributed by atoms with Gasteiger partial charge in [-0.15, -0.1) is 0 Å². The molecule has 0 spiro atoms. The Morgan fingerprint density at radius 3 is 0.909 bits per heavy atom. The largest absolute Gasteiger partial charge is 0.0776 e. The van der Waals surface area contributed by atoms with Gasteiger partial charge in [0.1, 0.15) is 0 Å². The van der Waals surface area contributed by atoms with Gasteiger partial charge in [-0.3, -0.25) is 0 Å². The smallest absolute Gasteiger partial charge is 0 e. The number of hydrogen-bond donors (Lipinski definition) is 0. The number of rotatable bonds is 1. The van der Waals surface area contributed by atoms with E-state index in [-0.39, 0.29) is 14.9 Å². The molecule has 11 heavy (non-hydrogen) atoms. The Morgan fingerprint density at radius 2 is 0.909 bits per heavy atom. The van der Waals surface area contributed by atoms with Crippen molar-refractivity contribution in [2.45, 2.75) is 14.9 Å². The highest BCUT2D eigenvalue weighted by Gasteiger charge is 1.85. The lowest BCUT2D eigenvalue weighted by Gasteiger charge is -1.85. The highest BCUT2D eigenvalue weighted by Crippen LogP contribution is 1.47. The quantitative estimate of drug-likeness (QED) is 0.354. The molecule has 0 rings (SSSR count). The van der Waals surface area contributed by atoms with Gasteiger partial charge in [-0.25, -0.2) is 0 Å². The summed E-state index contributed by atoms with van der Waals surface area (Å²) in [5.74, 6) is 0. The van der Waals surface area contributed by atoms with Crippen molar-refractivity contribution in [1.82, 2.24) is 0 Å². The van der Waals surface area contributed by atoms with Crippen LogP contribution in [0.3, 0.4) is 0 Å². The van der Waals surface area contributed by atoms with Crippen LogP contribution < -0.4 is 0 Å². The van der Waals surface area contributed by atoms with E-state index in [1.807, 2.05) is 0 Å². The molecule has 0 aliphatic heterocycles. The second kappa shape index (κ2) is 46.3. The van der Waals surface area contributed by atoms with E-state index in [2.05, 4.69) is 30.9 Å². The molecule has 0 atom stereocenters. The van der Waals surface area contributed by atoms with Crippen LogP contribution in [-0.4, -0.2) is 67.6 Å². The van der Waals surface area contributed by atoms with Gasteiger partial charge in [0.05, 0.1) is 0 Å². The van der Waals surface area contributed by atoms with Crippen LogP contribution in [0.2, 0.25) is 0 Å². The van der Waals surface area contributed by atoms with Gasteiger partial charge in [-0.1, -0.05) is 14.9 Å². The van der Waals surface area contributed by atoms with Crippen molar-refractivity contribution >= 4 is 67.6 Å². The van der Waals surface area contributed by atoms with Gasteiger partial charge in [0.15, 0.2) is 0 Å². The third kappa shape index (κ3) is 117. The highest BCUT2D eigenvalue weighted by atomic mass is 12.7. The van der Waals surface area contributed by atoms with Crippen molar-refractivity contribution in [1.29, 1.82) is 0 Å². The molecule has 15 radical (unpaired) electrons. The van der Waals surface area contributed by atoms with E-state index in [1.165, 1.54) is 7.06 Å². The molecule has 0 nitrogen and oxygen atoms in total. The molecular formula is C2H8B9. The average Bonchev–Trinajstić information content (AvgIpc) is 1.97. The van der Waals surface area contributed by atoms with E-state index in [9.17, 15) is 0 Å². The highest BCUT2D eigenvalue weighted by molar-refractivity contribution is 7.60. The molecule has 0 fully saturated rings. The first-order chi connectivity index (χ1) is 4.27. The molecule has 0 bridgehead atoms.